The van der Waals surface area contributed by atoms with Crippen molar-refractivity contribution in [1.29, 1.82) is 0 Å². The fraction of sp³-hybridized carbons (Fsp3) is 0.412. The van der Waals surface area contributed by atoms with Crippen LogP contribution in [0.4, 0.5) is 0 Å². The average molecular weight is 286 g/mol. The van der Waals surface area contributed by atoms with Crippen molar-refractivity contribution in [3.63, 3.8) is 0 Å². The second-order valence-corrected chi connectivity index (χ2v) is 5.54. The summed E-state index contributed by atoms with van der Waals surface area (Å²) in [6.07, 6.45) is 5.32. The van der Waals surface area contributed by atoms with Crippen molar-refractivity contribution in [2.75, 3.05) is 0 Å². The van der Waals surface area contributed by atoms with Crippen molar-refractivity contribution >= 4 is 11.0 Å². The van der Waals surface area contributed by atoms with E-state index in [1.807, 2.05) is 0 Å². The minimum Gasteiger partial charge on any atom is -0.237 e. The monoisotopic (exact) mass is 286 g/mol. The van der Waals surface area contributed by atoms with Crippen LogP contribution in [0.1, 0.15) is 18.4 Å². The zero-order valence-corrected chi connectivity index (χ0v) is 14.0. The number of aryl methyl sites for hydroxylation is 4. The molecule has 0 spiro atoms. The van der Waals surface area contributed by atoms with Gasteiger partial charge >= 0.3 is 0 Å². The SMILES string of the molecule is CCc1n(C)c(C)c[n+]1C.Cn1c[n+](C)c2ccccc21. The minimum absolute atomic E-state index is 1.10. The van der Waals surface area contributed by atoms with Crippen molar-refractivity contribution in [2.24, 2.45) is 28.2 Å². The highest BCUT2D eigenvalue weighted by Crippen LogP contribution is 2.07. The van der Waals surface area contributed by atoms with Gasteiger partial charge in [0.05, 0.1) is 28.2 Å². The predicted octanol–water partition coefficient (Wildman–Crippen LogP) is 1.72. The van der Waals surface area contributed by atoms with Crippen molar-refractivity contribution < 1.29 is 9.13 Å². The summed E-state index contributed by atoms with van der Waals surface area (Å²) in [6.45, 7) is 4.30. The summed E-state index contributed by atoms with van der Waals surface area (Å²) < 4.78 is 8.64. The maximum Gasteiger partial charge on any atom is 0.255 e. The van der Waals surface area contributed by atoms with Gasteiger partial charge in [-0.25, -0.2) is 18.3 Å². The van der Waals surface area contributed by atoms with Gasteiger partial charge in [-0.1, -0.05) is 19.1 Å². The summed E-state index contributed by atoms with van der Waals surface area (Å²) >= 11 is 0. The standard InChI is InChI=1S/C9H11N2.C8H15N2/c1-10-7-11(2)9-6-4-3-5-8(9)10;1-5-8-9(3)6-7(2)10(8)4/h3-7H,1-2H3;6H,5H2,1-4H3/q2*+1. The summed E-state index contributed by atoms with van der Waals surface area (Å²) in [4.78, 5) is 0. The quantitative estimate of drug-likeness (QED) is 0.606. The van der Waals surface area contributed by atoms with Gasteiger partial charge in [0.1, 0.15) is 11.9 Å². The molecular weight excluding hydrogens is 260 g/mol. The lowest BCUT2D eigenvalue weighted by molar-refractivity contribution is -0.678. The molecule has 0 radical (unpaired) electrons. The summed E-state index contributed by atoms with van der Waals surface area (Å²) in [6, 6.07) is 8.36. The zero-order chi connectivity index (χ0) is 15.6. The Bertz CT molecular complexity index is 714. The van der Waals surface area contributed by atoms with Crippen molar-refractivity contribution in [3.05, 3.63) is 48.3 Å². The molecule has 1 aromatic carbocycles. The number of fused-ring (bicyclic) bond motifs is 1. The van der Waals surface area contributed by atoms with Gasteiger partial charge < -0.3 is 0 Å². The smallest absolute Gasteiger partial charge is 0.237 e. The first kappa shape index (κ1) is 15.3. The number of nitrogens with zero attached hydrogens (tertiary/aromatic N) is 4. The van der Waals surface area contributed by atoms with E-state index in [1.165, 1.54) is 22.6 Å². The zero-order valence-electron chi connectivity index (χ0n) is 14.0. The van der Waals surface area contributed by atoms with E-state index in [-0.39, 0.29) is 0 Å². The molecule has 0 atom stereocenters. The maximum absolute atomic E-state index is 2.22. The lowest BCUT2D eigenvalue weighted by atomic mass is 10.3. The van der Waals surface area contributed by atoms with Crippen LogP contribution in [-0.2, 0) is 34.6 Å². The van der Waals surface area contributed by atoms with E-state index in [0.717, 1.165) is 6.42 Å². The van der Waals surface area contributed by atoms with E-state index in [2.05, 4.69) is 97.1 Å². The van der Waals surface area contributed by atoms with Gasteiger partial charge in [0.25, 0.3) is 5.82 Å². The minimum atomic E-state index is 1.10. The molecule has 0 unspecified atom stereocenters. The Morgan fingerprint density at radius 1 is 1.05 bits per heavy atom. The van der Waals surface area contributed by atoms with E-state index in [4.69, 9.17) is 0 Å². The molecule has 3 aromatic rings. The van der Waals surface area contributed by atoms with Crippen LogP contribution < -0.4 is 9.13 Å². The molecule has 4 nitrogen and oxygen atoms in total. The van der Waals surface area contributed by atoms with E-state index in [1.54, 1.807) is 0 Å². The van der Waals surface area contributed by atoms with Gasteiger partial charge in [0, 0.05) is 13.3 Å². The fourth-order valence-electron chi connectivity index (χ4n) is 2.81. The molecule has 0 saturated carbocycles. The molecule has 0 aliphatic carbocycles. The highest BCUT2D eigenvalue weighted by Gasteiger charge is 2.11. The molecule has 0 saturated heterocycles. The van der Waals surface area contributed by atoms with Crippen molar-refractivity contribution in [2.45, 2.75) is 20.3 Å². The maximum atomic E-state index is 2.22. The molecule has 0 N–H and O–H groups in total. The van der Waals surface area contributed by atoms with E-state index in [0.29, 0.717) is 0 Å². The van der Waals surface area contributed by atoms with Crippen LogP contribution >= 0.6 is 0 Å². The number of rotatable bonds is 1. The molecule has 3 rings (SSSR count). The molecule has 4 heteroatoms. The highest BCUT2D eigenvalue weighted by molar-refractivity contribution is 5.71. The van der Waals surface area contributed by atoms with E-state index < -0.39 is 0 Å². The molecule has 0 aliphatic heterocycles. The molecule has 0 amide bonds. The molecule has 0 fully saturated rings. The largest absolute Gasteiger partial charge is 0.255 e. The van der Waals surface area contributed by atoms with Crippen LogP contribution in [0, 0.1) is 6.92 Å². The van der Waals surface area contributed by atoms with E-state index >= 15 is 0 Å². The van der Waals surface area contributed by atoms with E-state index in [9.17, 15) is 0 Å². The highest BCUT2D eigenvalue weighted by atomic mass is 15.1. The Morgan fingerprint density at radius 2 is 1.71 bits per heavy atom. The van der Waals surface area contributed by atoms with Crippen LogP contribution in [0.2, 0.25) is 0 Å². The normalized spacial score (nSPS) is 10.6. The molecule has 21 heavy (non-hydrogen) atoms. The summed E-state index contributed by atoms with van der Waals surface area (Å²) in [7, 11) is 8.31. The van der Waals surface area contributed by atoms with Crippen molar-refractivity contribution in [3.8, 4) is 0 Å². The molecule has 0 aliphatic rings. The number of imidazole rings is 2. The third-order valence-electron chi connectivity index (χ3n) is 4.01. The van der Waals surface area contributed by atoms with Gasteiger partial charge in [-0.05, 0) is 12.1 Å². The summed E-state index contributed by atoms with van der Waals surface area (Å²) in [5.41, 5.74) is 3.87. The molecule has 2 aromatic heterocycles. The molecule has 2 heterocycles. The second-order valence-electron chi connectivity index (χ2n) is 5.54. The lowest BCUT2D eigenvalue weighted by Gasteiger charge is -1.91. The van der Waals surface area contributed by atoms with Gasteiger partial charge in [-0.15, -0.1) is 0 Å². The third-order valence-corrected chi connectivity index (χ3v) is 4.01. The molecule has 112 valence electrons. The Labute approximate surface area is 126 Å². The van der Waals surface area contributed by atoms with Crippen molar-refractivity contribution in [1.82, 2.24) is 9.13 Å². The number of para-hydroxylation sites is 2. The Kier molecular flexibility index (Phi) is 4.46. The van der Waals surface area contributed by atoms with Crippen LogP contribution in [0.3, 0.4) is 0 Å². The van der Waals surface area contributed by atoms with Gasteiger partial charge in [-0.2, -0.15) is 0 Å². The Morgan fingerprint density at radius 3 is 2.19 bits per heavy atom. The Hall–Kier alpha value is -2.10. The van der Waals surface area contributed by atoms with Crippen LogP contribution in [0.25, 0.3) is 11.0 Å². The lowest BCUT2D eigenvalue weighted by Crippen LogP contribution is -2.31. The molecule has 0 bridgehead atoms. The van der Waals surface area contributed by atoms with Crippen LogP contribution in [0.5, 0.6) is 0 Å². The first-order valence-corrected chi connectivity index (χ1v) is 7.36. The van der Waals surface area contributed by atoms with Gasteiger partial charge in [0.15, 0.2) is 11.0 Å². The van der Waals surface area contributed by atoms with Crippen LogP contribution in [0.15, 0.2) is 36.8 Å². The fourth-order valence-corrected chi connectivity index (χ4v) is 2.81. The first-order valence-electron chi connectivity index (χ1n) is 7.36. The number of hydrogen-bond donors (Lipinski definition) is 0. The summed E-state index contributed by atoms with van der Waals surface area (Å²) in [5, 5.41) is 0. The average Bonchev–Trinajstić information content (AvgIpc) is 2.89. The second kappa shape index (κ2) is 6.12. The van der Waals surface area contributed by atoms with Gasteiger partial charge in [-0.3, -0.25) is 0 Å². The molecular formula is C17H26N4+2. The predicted molar refractivity (Wildman–Crippen MR) is 84.8 cm³/mol. The number of aromatic nitrogens is 4. The third kappa shape index (κ3) is 2.99. The number of benzene rings is 1. The number of hydrogen-bond acceptors (Lipinski definition) is 0. The first-order chi connectivity index (χ1) is 9.95. The Balaban J connectivity index is 0.000000155. The topological polar surface area (TPSA) is 17.6 Å². The van der Waals surface area contributed by atoms with Crippen LogP contribution in [-0.4, -0.2) is 9.13 Å². The summed E-state index contributed by atoms with van der Waals surface area (Å²) in [5.74, 6) is 1.37. The van der Waals surface area contributed by atoms with Gasteiger partial charge in [0.2, 0.25) is 6.33 Å².